The Bertz CT molecular complexity index is 395. The van der Waals surface area contributed by atoms with Gasteiger partial charge in [0.2, 0.25) is 5.13 Å². The fourth-order valence-electron chi connectivity index (χ4n) is 0.774. The van der Waals surface area contributed by atoms with Gasteiger partial charge in [0, 0.05) is 14.1 Å². The highest BCUT2D eigenvalue weighted by atomic mass is 32.2. The summed E-state index contributed by atoms with van der Waals surface area (Å²) < 4.78 is 0.521. The first-order valence-electron chi connectivity index (χ1n) is 4.18. The third-order valence-corrected chi connectivity index (χ3v) is 3.64. The molecule has 0 aliphatic carbocycles. The van der Waals surface area contributed by atoms with E-state index in [9.17, 15) is 9.59 Å². The Kier molecular flexibility index (Phi) is 4.50. The van der Waals surface area contributed by atoms with Gasteiger partial charge in [-0.05, 0) is 0 Å². The number of rotatable bonds is 4. The van der Waals surface area contributed by atoms with Gasteiger partial charge in [-0.3, -0.25) is 9.69 Å². The second-order valence-corrected chi connectivity index (χ2v) is 4.83. The second-order valence-electron chi connectivity index (χ2n) is 2.65. The Hall–Kier alpha value is -1.35. The van der Waals surface area contributed by atoms with Crippen LogP contribution in [-0.4, -0.2) is 47.2 Å². The lowest BCUT2D eigenvalue weighted by molar-refractivity contribution is -0.133. The molecule has 0 fully saturated rings. The Morgan fingerprint density at radius 2 is 2.25 bits per heavy atom. The zero-order valence-electron chi connectivity index (χ0n) is 8.63. The molecule has 0 spiro atoms. The summed E-state index contributed by atoms with van der Waals surface area (Å²) in [6.07, 6.45) is 0. The molecule has 9 heteroatoms. The number of carboxylic acid groups (broad SMARTS) is 1. The molecule has 0 aromatic carbocycles. The number of thioether (sulfide) groups is 1. The molecule has 88 valence electrons. The molecule has 0 atom stereocenters. The quantitative estimate of drug-likeness (QED) is 0.605. The van der Waals surface area contributed by atoms with E-state index < -0.39 is 5.97 Å². The van der Waals surface area contributed by atoms with Crippen LogP contribution in [0.4, 0.5) is 9.93 Å². The minimum atomic E-state index is -0.915. The number of carbonyl (C=O) groups is 2. The van der Waals surface area contributed by atoms with Crippen molar-refractivity contribution in [2.45, 2.75) is 4.34 Å². The number of aliphatic carboxylic acids is 1. The van der Waals surface area contributed by atoms with E-state index >= 15 is 0 Å². The highest BCUT2D eigenvalue weighted by molar-refractivity contribution is 8.01. The fraction of sp³-hybridized carbons (Fsp3) is 0.429. The van der Waals surface area contributed by atoms with Crippen molar-refractivity contribution in [2.75, 3.05) is 24.7 Å². The third kappa shape index (κ3) is 3.35. The van der Waals surface area contributed by atoms with Gasteiger partial charge in [0.15, 0.2) is 4.34 Å². The average Bonchev–Trinajstić information content (AvgIpc) is 2.72. The maximum Gasteiger partial charge on any atom is 0.323 e. The predicted molar refractivity (Wildman–Crippen MR) is 61.1 cm³/mol. The monoisotopic (exact) mass is 262 g/mol. The number of nitrogens with zero attached hydrogens (tertiary/aromatic N) is 3. The van der Waals surface area contributed by atoms with Crippen molar-refractivity contribution in [1.29, 1.82) is 0 Å². The molecular weight excluding hydrogens is 252 g/mol. The normalized spacial score (nSPS) is 9.88. The van der Waals surface area contributed by atoms with Crippen LogP contribution in [0, 0.1) is 0 Å². The molecule has 1 rings (SSSR count). The Morgan fingerprint density at radius 3 is 2.81 bits per heavy atom. The van der Waals surface area contributed by atoms with Crippen molar-refractivity contribution in [3.05, 3.63) is 0 Å². The number of urea groups is 1. The van der Waals surface area contributed by atoms with E-state index in [1.807, 2.05) is 0 Å². The number of carboxylic acids is 1. The van der Waals surface area contributed by atoms with Gasteiger partial charge >= 0.3 is 12.0 Å². The summed E-state index contributed by atoms with van der Waals surface area (Å²) in [5.74, 6) is -0.986. The number of hydrogen-bond donors (Lipinski definition) is 2. The molecular formula is C7H10N4O3S2. The first-order chi connectivity index (χ1) is 7.54. The molecule has 16 heavy (non-hydrogen) atoms. The van der Waals surface area contributed by atoms with Crippen LogP contribution in [0.5, 0.6) is 0 Å². The van der Waals surface area contributed by atoms with Gasteiger partial charge in [-0.2, -0.15) is 0 Å². The van der Waals surface area contributed by atoms with Crippen molar-refractivity contribution in [3.63, 3.8) is 0 Å². The zero-order valence-corrected chi connectivity index (χ0v) is 10.3. The molecule has 0 bridgehead atoms. The smallest absolute Gasteiger partial charge is 0.323 e. The van der Waals surface area contributed by atoms with Crippen LogP contribution in [0.3, 0.4) is 0 Å². The Labute approximate surface area is 99.9 Å². The van der Waals surface area contributed by atoms with Crippen LogP contribution in [-0.2, 0) is 4.79 Å². The van der Waals surface area contributed by atoms with Crippen LogP contribution < -0.4 is 10.2 Å². The molecule has 0 aliphatic rings. The van der Waals surface area contributed by atoms with Gasteiger partial charge in [-0.1, -0.05) is 23.1 Å². The third-order valence-electron chi connectivity index (χ3n) is 1.52. The number of nitrogens with one attached hydrogen (secondary N) is 1. The van der Waals surface area contributed by atoms with Crippen LogP contribution in [0.2, 0.25) is 0 Å². The highest BCUT2D eigenvalue weighted by Gasteiger charge is 2.14. The molecule has 0 radical (unpaired) electrons. The van der Waals surface area contributed by atoms with Crippen LogP contribution in [0.25, 0.3) is 0 Å². The summed E-state index contributed by atoms with van der Waals surface area (Å²) in [7, 11) is 3.07. The molecule has 1 aromatic heterocycles. The SMILES string of the molecule is CNC(=O)N(C)c1nnc(SCC(=O)O)s1. The molecule has 2 N–H and O–H groups in total. The van der Waals surface area contributed by atoms with Crippen molar-refractivity contribution < 1.29 is 14.7 Å². The summed E-state index contributed by atoms with van der Waals surface area (Å²) in [5, 5.41) is 18.9. The Balaban J connectivity index is 2.63. The van der Waals surface area contributed by atoms with Crippen molar-refractivity contribution >= 4 is 40.2 Å². The largest absolute Gasteiger partial charge is 0.481 e. The summed E-state index contributed by atoms with van der Waals surface area (Å²) in [5.41, 5.74) is 0. The predicted octanol–water partition coefficient (Wildman–Crippen LogP) is 0.490. The van der Waals surface area contributed by atoms with Crippen LogP contribution >= 0.6 is 23.1 Å². The maximum absolute atomic E-state index is 11.2. The Morgan fingerprint density at radius 1 is 1.56 bits per heavy atom. The van der Waals surface area contributed by atoms with Crippen molar-refractivity contribution in [1.82, 2.24) is 15.5 Å². The van der Waals surface area contributed by atoms with E-state index in [4.69, 9.17) is 5.11 Å². The van der Waals surface area contributed by atoms with E-state index in [1.54, 1.807) is 7.05 Å². The maximum atomic E-state index is 11.2. The average molecular weight is 262 g/mol. The standard InChI is InChI=1S/C7H10N4O3S2/c1-8-5(14)11(2)6-9-10-7(16-6)15-3-4(12)13/h3H2,1-2H3,(H,8,14)(H,12,13). The van der Waals surface area contributed by atoms with Gasteiger partial charge in [0.05, 0.1) is 5.75 Å². The van der Waals surface area contributed by atoms with Gasteiger partial charge in [-0.25, -0.2) is 4.79 Å². The minimum Gasteiger partial charge on any atom is -0.481 e. The first kappa shape index (κ1) is 12.7. The van der Waals surface area contributed by atoms with Gasteiger partial charge in [0.1, 0.15) is 0 Å². The molecule has 1 aromatic rings. The number of amides is 2. The molecule has 0 saturated carbocycles. The summed E-state index contributed by atoms with van der Waals surface area (Å²) in [6.45, 7) is 0. The number of hydrogen-bond acceptors (Lipinski definition) is 6. The zero-order chi connectivity index (χ0) is 12.1. The summed E-state index contributed by atoms with van der Waals surface area (Å²) in [4.78, 5) is 22.9. The molecule has 1 heterocycles. The number of aromatic nitrogens is 2. The molecule has 0 aliphatic heterocycles. The van der Waals surface area contributed by atoms with Gasteiger partial charge < -0.3 is 10.4 Å². The lowest BCUT2D eigenvalue weighted by Gasteiger charge is -2.10. The van der Waals surface area contributed by atoms with Crippen LogP contribution in [0.1, 0.15) is 0 Å². The van der Waals surface area contributed by atoms with Crippen molar-refractivity contribution in [2.24, 2.45) is 0 Å². The number of anilines is 1. The molecule has 7 nitrogen and oxygen atoms in total. The van der Waals surface area contributed by atoms with Gasteiger partial charge in [-0.15, -0.1) is 10.2 Å². The summed E-state index contributed by atoms with van der Waals surface area (Å²) in [6, 6.07) is -0.300. The minimum absolute atomic E-state index is 0.0711. The lowest BCUT2D eigenvalue weighted by Crippen LogP contribution is -2.34. The van der Waals surface area contributed by atoms with E-state index in [2.05, 4.69) is 15.5 Å². The topological polar surface area (TPSA) is 95.4 Å². The molecule has 0 unspecified atom stereocenters. The molecule has 0 saturated heterocycles. The lowest BCUT2D eigenvalue weighted by atomic mass is 10.8. The fourth-order valence-corrected chi connectivity index (χ4v) is 2.30. The van der Waals surface area contributed by atoms with E-state index in [1.165, 1.54) is 23.3 Å². The van der Waals surface area contributed by atoms with E-state index in [-0.39, 0.29) is 11.8 Å². The summed E-state index contributed by atoms with van der Waals surface area (Å²) >= 11 is 2.24. The molecule has 2 amide bonds. The van der Waals surface area contributed by atoms with Crippen molar-refractivity contribution in [3.8, 4) is 0 Å². The highest BCUT2D eigenvalue weighted by Crippen LogP contribution is 2.27. The van der Waals surface area contributed by atoms with E-state index in [0.29, 0.717) is 9.47 Å². The van der Waals surface area contributed by atoms with E-state index in [0.717, 1.165) is 11.8 Å². The van der Waals surface area contributed by atoms with Crippen LogP contribution in [0.15, 0.2) is 4.34 Å². The first-order valence-corrected chi connectivity index (χ1v) is 5.98. The second kappa shape index (κ2) is 5.66. The number of carbonyl (C=O) groups excluding carboxylic acids is 1. The van der Waals surface area contributed by atoms with Gasteiger partial charge in [0.25, 0.3) is 0 Å².